The summed E-state index contributed by atoms with van der Waals surface area (Å²) in [5, 5.41) is 7.93. The van der Waals surface area contributed by atoms with Crippen molar-refractivity contribution in [1.29, 1.82) is 0 Å². The Kier molecular flexibility index (Phi) is 3.80. The predicted octanol–water partition coefficient (Wildman–Crippen LogP) is 2.42. The van der Waals surface area contributed by atoms with E-state index in [1.165, 1.54) is 6.92 Å². The molecule has 6 heteroatoms. The molecule has 3 N–H and O–H groups in total. The van der Waals surface area contributed by atoms with Crippen molar-refractivity contribution < 1.29 is 4.79 Å². The van der Waals surface area contributed by atoms with Gasteiger partial charge in [-0.2, -0.15) is 5.10 Å². The van der Waals surface area contributed by atoms with Crippen LogP contribution in [0.25, 0.3) is 0 Å². The molecule has 0 aliphatic heterocycles. The first-order chi connectivity index (χ1) is 8.97. The summed E-state index contributed by atoms with van der Waals surface area (Å²) >= 11 is 1.55. The summed E-state index contributed by atoms with van der Waals surface area (Å²) in [5.74, 6) is -0.0769. The number of nitrogens with two attached hydrogens (primary N) is 1. The summed E-state index contributed by atoms with van der Waals surface area (Å²) < 4.78 is 1.77. The molecular weight excluding hydrogens is 260 g/mol. The number of amides is 1. The largest absolute Gasteiger partial charge is 0.395 e. The smallest absolute Gasteiger partial charge is 0.221 e. The SMILES string of the molecule is CC(=O)Nc1ccc(Sc2c(N)c(C)nn2C)cc1. The molecule has 100 valence electrons. The molecule has 1 amide bonds. The second-order valence-corrected chi connectivity index (χ2v) is 5.30. The number of carbonyl (C=O) groups is 1. The van der Waals surface area contributed by atoms with E-state index >= 15 is 0 Å². The molecule has 2 aromatic rings. The standard InChI is InChI=1S/C13H16N4OS/c1-8-12(14)13(17(3)16-8)19-11-6-4-10(5-7-11)15-9(2)18/h4-7H,14H2,1-3H3,(H,15,18). The van der Waals surface area contributed by atoms with Gasteiger partial charge < -0.3 is 11.1 Å². The van der Waals surface area contributed by atoms with Crippen LogP contribution in [-0.4, -0.2) is 15.7 Å². The van der Waals surface area contributed by atoms with Gasteiger partial charge >= 0.3 is 0 Å². The summed E-state index contributed by atoms with van der Waals surface area (Å²) in [6, 6.07) is 7.61. The summed E-state index contributed by atoms with van der Waals surface area (Å²) in [5.41, 5.74) is 8.31. The van der Waals surface area contributed by atoms with Crippen LogP contribution >= 0.6 is 11.8 Å². The van der Waals surface area contributed by atoms with Crippen LogP contribution in [0, 0.1) is 6.92 Å². The second-order valence-electron chi connectivity index (χ2n) is 4.24. The molecule has 1 aromatic carbocycles. The predicted molar refractivity (Wildman–Crippen MR) is 77.2 cm³/mol. The summed E-state index contributed by atoms with van der Waals surface area (Å²) in [7, 11) is 1.87. The fourth-order valence-corrected chi connectivity index (χ4v) is 2.62. The molecule has 0 radical (unpaired) electrons. The van der Waals surface area contributed by atoms with Crippen LogP contribution in [0.1, 0.15) is 12.6 Å². The first-order valence-electron chi connectivity index (χ1n) is 5.82. The highest BCUT2D eigenvalue weighted by atomic mass is 32.2. The van der Waals surface area contributed by atoms with E-state index in [2.05, 4.69) is 10.4 Å². The van der Waals surface area contributed by atoms with E-state index in [4.69, 9.17) is 5.73 Å². The molecule has 2 rings (SSSR count). The zero-order chi connectivity index (χ0) is 14.0. The van der Waals surface area contributed by atoms with Gasteiger partial charge in [0.1, 0.15) is 5.03 Å². The van der Waals surface area contributed by atoms with Gasteiger partial charge in [0.15, 0.2) is 0 Å². The van der Waals surface area contributed by atoms with Crippen LogP contribution in [0.2, 0.25) is 0 Å². The highest BCUT2D eigenvalue weighted by Gasteiger charge is 2.11. The zero-order valence-corrected chi connectivity index (χ0v) is 11.9. The van der Waals surface area contributed by atoms with Gasteiger partial charge in [-0.1, -0.05) is 11.8 Å². The minimum Gasteiger partial charge on any atom is -0.395 e. The van der Waals surface area contributed by atoms with E-state index in [0.717, 1.165) is 21.3 Å². The van der Waals surface area contributed by atoms with Gasteiger partial charge in [-0.15, -0.1) is 0 Å². The molecule has 0 aliphatic rings. The van der Waals surface area contributed by atoms with Crippen molar-refractivity contribution in [1.82, 2.24) is 9.78 Å². The summed E-state index contributed by atoms with van der Waals surface area (Å²) in [6.07, 6.45) is 0. The number of aryl methyl sites for hydroxylation is 2. The maximum absolute atomic E-state index is 10.9. The molecule has 5 nitrogen and oxygen atoms in total. The molecule has 0 saturated carbocycles. The Morgan fingerprint density at radius 3 is 2.47 bits per heavy atom. The van der Waals surface area contributed by atoms with Crippen molar-refractivity contribution >= 4 is 29.0 Å². The van der Waals surface area contributed by atoms with E-state index in [1.54, 1.807) is 16.4 Å². The Morgan fingerprint density at radius 2 is 2.00 bits per heavy atom. The average Bonchev–Trinajstić information content (AvgIpc) is 2.58. The third-order valence-electron chi connectivity index (χ3n) is 2.60. The Bertz CT molecular complexity index is 604. The highest BCUT2D eigenvalue weighted by Crippen LogP contribution is 2.33. The van der Waals surface area contributed by atoms with Crippen LogP contribution < -0.4 is 11.1 Å². The fourth-order valence-electron chi connectivity index (χ4n) is 1.70. The van der Waals surface area contributed by atoms with Crippen LogP contribution in [-0.2, 0) is 11.8 Å². The van der Waals surface area contributed by atoms with Gasteiger partial charge in [-0.05, 0) is 31.2 Å². The fraction of sp³-hybridized carbons (Fsp3) is 0.231. The van der Waals surface area contributed by atoms with Crippen LogP contribution in [0.5, 0.6) is 0 Å². The number of hydrogen-bond donors (Lipinski definition) is 2. The third-order valence-corrected chi connectivity index (χ3v) is 3.79. The van der Waals surface area contributed by atoms with Gasteiger partial charge in [-0.25, -0.2) is 0 Å². The minimum atomic E-state index is -0.0769. The molecule has 1 aromatic heterocycles. The number of rotatable bonds is 3. The molecule has 0 atom stereocenters. The van der Waals surface area contributed by atoms with Crippen molar-refractivity contribution in [3.63, 3.8) is 0 Å². The monoisotopic (exact) mass is 276 g/mol. The van der Waals surface area contributed by atoms with E-state index in [9.17, 15) is 4.79 Å². The molecule has 19 heavy (non-hydrogen) atoms. The number of carbonyl (C=O) groups excluding carboxylic acids is 1. The van der Waals surface area contributed by atoms with Gasteiger partial charge in [0.2, 0.25) is 5.91 Å². The summed E-state index contributed by atoms with van der Waals surface area (Å²) in [4.78, 5) is 12.0. The van der Waals surface area contributed by atoms with E-state index in [-0.39, 0.29) is 5.91 Å². The molecule has 0 fully saturated rings. The number of nitrogen functional groups attached to an aromatic ring is 1. The number of hydrogen-bond acceptors (Lipinski definition) is 4. The normalized spacial score (nSPS) is 10.5. The summed E-state index contributed by atoms with van der Waals surface area (Å²) in [6.45, 7) is 3.38. The topological polar surface area (TPSA) is 72.9 Å². The van der Waals surface area contributed by atoms with Gasteiger partial charge in [0.25, 0.3) is 0 Å². The zero-order valence-electron chi connectivity index (χ0n) is 11.1. The molecular formula is C13H16N4OS. The average molecular weight is 276 g/mol. The van der Waals surface area contributed by atoms with Crippen molar-refractivity contribution in [2.45, 2.75) is 23.8 Å². The Morgan fingerprint density at radius 1 is 1.37 bits per heavy atom. The lowest BCUT2D eigenvalue weighted by Crippen LogP contribution is -2.05. The van der Waals surface area contributed by atoms with Gasteiger partial charge in [0, 0.05) is 24.6 Å². The lowest BCUT2D eigenvalue weighted by atomic mass is 10.3. The number of anilines is 2. The number of benzene rings is 1. The second kappa shape index (κ2) is 5.36. The van der Waals surface area contributed by atoms with Crippen LogP contribution in [0.4, 0.5) is 11.4 Å². The molecule has 0 unspecified atom stereocenters. The Labute approximate surface area is 116 Å². The van der Waals surface area contributed by atoms with E-state index < -0.39 is 0 Å². The van der Waals surface area contributed by atoms with Crippen molar-refractivity contribution in [2.75, 3.05) is 11.1 Å². The van der Waals surface area contributed by atoms with Crippen molar-refractivity contribution in [3.05, 3.63) is 30.0 Å². The lowest BCUT2D eigenvalue weighted by molar-refractivity contribution is -0.114. The Balaban J connectivity index is 2.17. The molecule has 0 spiro atoms. The van der Waals surface area contributed by atoms with Gasteiger partial charge in [-0.3, -0.25) is 9.48 Å². The minimum absolute atomic E-state index is 0.0769. The maximum atomic E-state index is 10.9. The quantitative estimate of drug-likeness (QED) is 0.903. The number of aromatic nitrogens is 2. The third kappa shape index (κ3) is 3.08. The van der Waals surface area contributed by atoms with Crippen LogP contribution in [0.3, 0.4) is 0 Å². The number of nitrogens with zero attached hydrogens (tertiary/aromatic N) is 2. The van der Waals surface area contributed by atoms with E-state index in [0.29, 0.717) is 5.69 Å². The lowest BCUT2D eigenvalue weighted by Gasteiger charge is -2.05. The van der Waals surface area contributed by atoms with E-state index in [1.807, 2.05) is 38.2 Å². The molecule has 0 aliphatic carbocycles. The van der Waals surface area contributed by atoms with Crippen molar-refractivity contribution in [2.24, 2.45) is 7.05 Å². The first kappa shape index (κ1) is 13.5. The Hall–Kier alpha value is -1.95. The van der Waals surface area contributed by atoms with Crippen LogP contribution in [0.15, 0.2) is 34.2 Å². The maximum Gasteiger partial charge on any atom is 0.221 e. The van der Waals surface area contributed by atoms with Gasteiger partial charge in [0.05, 0.1) is 11.4 Å². The molecule has 0 saturated heterocycles. The first-order valence-corrected chi connectivity index (χ1v) is 6.63. The highest BCUT2D eigenvalue weighted by molar-refractivity contribution is 7.99. The molecule has 1 heterocycles. The number of nitrogens with one attached hydrogen (secondary N) is 1. The molecule has 0 bridgehead atoms. The van der Waals surface area contributed by atoms with Crippen molar-refractivity contribution in [3.8, 4) is 0 Å².